The minimum absolute atomic E-state index is 0.0307. The maximum absolute atomic E-state index is 13.0. The van der Waals surface area contributed by atoms with Gasteiger partial charge in [0.15, 0.2) is 0 Å². The van der Waals surface area contributed by atoms with Gasteiger partial charge in [0, 0.05) is 25.9 Å². The van der Waals surface area contributed by atoms with E-state index in [4.69, 9.17) is 11.6 Å². The number of sulfonamides is 1. The number of halogens is 3. The van der Waals surface area contributed by atoms with E-state index < -0.39 is 28.8 Å². The molecule has 3 nitrogen and oxygen atoms in total. The molecule has 7 heteroatoms. The van der Waals surface area contributed by atoms with E-state index in [1.807, 2.05) is 0 Å². The average molecular weight is 296 g/mol. The maximum Gasteiger partial charge on any atom is 0.250 e. The van der Waals surface area contributed by atoms with Crippen LogP contribution < -0.4 is 0 Å². The molecule has 0 bridgehead atoms. The molecule has 0 N–H and O–H groups in total. The quantitative estimate of drug-likeness (QED) is 0.841. The topological polar surface area (TPSA) is 37.4 Å². The molecule has 0 spiro atoms. The van der Waals surface area contributed by atoms with Crippen LogP contribution in [-0.2, 0) is 10.0 Å². The van der Waals surface area contributed by atoms with Crippen molar-refractivity contribution in [2.75, 3.05) is 13.1 Å². The van der Waals surface area contributed by atoms with E-state index >= 15 is 0 Å². The first-order chi connectivity index (χ1) is 8.33. The molecule has 1 aromatic carbocycles. The summed E-state index contributed by atoms with van der Waals surface area (Å²) in [7, 11) is -3.77. The van der Waals surface area contributed by atoms with Crippen molar-refractivity contribution in [2.45, 2.75) is 23.7 Å². The Morgan fingerprint density at radius 1 is 1.17 bits per heavy atom. The molecule has 0 aliphatic carbocycles. The second kappa shape index (κ2) is 4.75. The maximum atomic E-state index is 13.0. The number of hydrogen-bond donors (Lipinski definition) is 0. The predicted octanol–water partition coefficient (Wildman–Crippen LogP) is 2.76. The van der Waals surface area contributed by atoms with Crippen molar-refractivity contribution in [1.29, 1.82) is 0 Å². The van der Waals surface area contributed by atoms with Gasteiger partial charge in [0.1, 0.15) is 4.90 Å². The minimum Gasteiger partial charge on any atom is -0.207 e. The molecule has 100 valence electrons. The summed E-state index contributed by atoms with van der Waals surface area (Å²) in [4.78, 5) is -0.0307. The third kappa shape index (κ3) is 2.65. The van der Waals surface area contributed by atoms with Crippen LogP contribution in [0.25, 0.3) is 0 Å². The summed E-state index contributed by atoms with van der Waals surface area (Å²) in [5.74, 6) is -2.77. The Hall–Kier alpha value is -0.720. The Morgan fingerprint density at radius 2 is 1.72 bits per heavy atom. The lowest BCUT2D eigenvalue weighted by Crippen LogP contribution is -2.42. The third-order valence-corrected chi connectivity index (χ3v) is 5.31. The molecule has 1 aliphatic rings. The van der Waals surface area contributed by atoms with Crippen molar-refractivity contribution in [3.05, 3.63) is 29.3 Å². The molecule has 0 aromatic heterocycles. The van der Waals surface area contributed by atoms with Gasteiger partial charge >= 0.3 is 0 Å². The lowest BCUT2D eigenvalue weighted by Gasteiger charge is -2.31. The zero-order valence-electron chi connectivity index (χ0n) is 9.44. The van der Waals surface area contributed by atoms with Crippen LogP contribution in [-0.4, -0.2) is 31.7 Å². The van der Waals surface area contributed by atoms with Gasteiger partial charge in [-0.15, -0.1) is 0 Å². The SMILES string of the molecule is O=S(=O)(c1ccccc1Cl)N1CCC(F)(F)CC1. The van der Waals surface area contributed by atoms with Crippen LogP contribution in [0.4, 0.5) is 8.78 Å². The molecule has 1 aromatic rings. The van der Waals surface area contributed by atoms with Crippen molar-refractivity contribution in [2.24, 2.45) is 0 Å². The molecule has 0 unspecified atom stereocenters. The first-order valence-electron chi connectivity index (χ1n) is 5.45. The Kier molecular flexibility index (Phi) is 3.62. The van der Waals surface area contributed by atoms with Crippen LogP contribution in [0, 0.1) is 0 Å². The van der Waals surface area contributed by atoms with E-state index in [1.54, 1.807) is 12.1 Å². The fourth-order valence-electron chi connectivity index (χ4n) is 1.85. The molecule has 1 saturated heterocycles. The van der Waals surface area contributed by atoms with Crippen LogP contribution >= 0.6 is 11.6 Å². The number of rotatable bonds is 2. The molecule has 0 saturated carbocycles. The van der Waals surface area contributed by atoms with Gasteiger partial charge in [0.05, 0.1) is 5.02 Å². The molecule has 1 heterocycles. The number of hydrogen-bond acceptors (Lipinski definition) is 2. The lowest BCUT2D eigenvalue weighted by molar-refractivity contribution is -0.0411. The summed E-state index contributed by atoms with van der Waals surface area (Å²) in [6, 6.07) is 6.01. The summed E-state index contributed by atoms with van der Waals surface area (Å²) in [6.07, 6.45) is -0.895. The van der Waals surface area contributed by atoms with Gasteiger partial charge in [-0.25, -0.2) is 17.2 Å². The molecule has 1 fully saturated rings. The second-order valence-corrected chi connectivity index (χ2v) is 6.50. The van der Waals surface area contributed by atoms with Gasteiger partial charge in [-0.1, -0.05) is 23.7 Å². The van der Waals surface area contributed by atoms with E-state index in [9.17, 15) is 17.2 Å². The first kappa shape index (κ1) is 13.7. The van der Waals surface area contributed by atoms with Crippen molar-refractivity contribution < 1.29 is 17.2 Å². The predicted molar refractivity (Wildman–Crippen MR) is 64.4 cm³/mol. The highest BCUT2D eigenvalue weighted by molar-refractivity contribution is 7.89. The normalized spacial score (nSPS) is 20.8. The van der Waals surface area contributed by atoms with Crippen molar-refractivity contribution in [1.82, 2.24) is 4.31 Å². The van der Waals surface area contributed by atoms with Gasteiger partial charge in [-0.2, -0.15) is 4.31 Å². The standard InChI is InChI=1S/C11H12ClF2NO2S/c12-9-3-1-2-4-10(9)18(16,17)15-7-5-11(13,14)6-8-15/h1-4H,5-8H2. The average Bonchev–Trinajstić information content (AvgIpc) is 2.28. The molecule has 0 amide bonds. The summed E-state index contributed by atoms with van der Waals surface area (Å²) in [5, 5.41) is 0.106. The molecule has 0 atom stereocenters. The van der Waals surface area contributed by atoms with Gasteiger partial charge in [-0.05, 0) is 12.1 Å². The van der Waals surface area contributed by atoms with Crippen molar-refractivity contribution in [3.63, 3.8) is 0 Å². The van der Waals surface area contributed by atoms with Gasteiger partial charge < -0.3 is 0 Å². The molecule has 2 rings (SSSR count). The first-order valence-corrected chi connectivity index (χ1v) is 7.27. The van der Waals surface area contributed by atoms with Gasteiger partial charge in [-0.3, -0.25) is 0 Å². The zero-order chi connectivity index (χ0) is 13.4. The third-order valence-electron chi connectivity index (χ3n) is 2.91. The lowest BCUT2D eigenvalue weighted by atomic mass is 10.1. The fourth-order valence-corrected chi connectivity index (χ4v) is 3.78. The largest absolute Gasteiger partial charge is 0.250 e. The van der Waals surface area contributed by atoms with E-state index in [2.05, 4.69) is 0 Å². The van der Waals surface area contributed by atoms with Crippen molar-refractivity contribution in [3.8, 4) is 0 Å². The molecular formula is C11H12ClF2NO2S. The molecule has 1 aliphatic heterocycles. The van der Waals surface area contributed by atoms with E-state index in [-0.39, 0.29) is 23.0 Å². The summed E-state index contributed by atoms with van der Waals surface area (Å²) in [6.45, 7) is -0.360. The summed E-state index contributed by atoms with van der Waals surface area (Å²) < 4.78 is 51.5. The highest BCUT2D eigenvalue weighted by Crippen LogP contribution is 2.32. The fraction of sp³-hybridized carbons (Fsp3) is 0.455. The van der Waals surface area contributed by atoms with Crippen LogP contribution in [0.3, 0.4) is 0 Å². The number of piperidine rings is 1. The summed E-state index contributed by atoms with van der Waals surface area (Å²) in [5.41, 5.74) is 0. The Morgan fingerprint density at radius 3 is 2.28 bits per heavy atom. The number of benzene rings is 1. The number of nitrogens with zero attached hydrogens (tertiary/aromatic N) is 1. The molecular weight excluding hydrogens is 284 g/mol. The van der Waals surface area contributed by atoms with Gasteiger partial charge in [0.25, 0.3) is 5.92 Å². The van der Waals surface area contributed by atoms with E-state index in [0.717, 1.165) is 4.31 Å². The zero-order valence-corrected chi connectivity index (χ0v) is 11.0. The van der Waals surface area contributed by atoms with E-state index in [1.165, 1.54) is 12.1 Å². The monoisotopic (exact) mass is 295 g/mol. The number of alkyl halides is 2. The van der Waals surface area contributed by atoms with Crippen molar-refractivity contribution >= 4 is 21.6 Å². The smallest absolute Gasteiger partial charge is 0.207 e. The summed E-state index contributed by atoms with van der Waals surface area (Å²) >= 11 is 5.83. The van der Waals surface area contributed by atoms with Crippen LogP contribution in [0.2, 0.25) is 5.02 Å². The van der Waals surface area contributed by atoms with Crippen LogP contribution in [0.5, 0.6) is 0 Å². The minimum atomic E-state index is -3.77. The van der Waals surface area contributed by atoms with Gasteiger partial charge in [0.2, 0.25) is 10.0 Å². The Bertz CT molecular complexity index is 538. The highest BCUT2D eigenvalue weighted by atomic mass is 35.5. The van der Waals surface area contributed by atoms with E-state index in [0.29, 0.717) is 0 Å². The molecule has 18 heavy (non-hydrogen) atoms. The highest BCUT2D eigenvalue weighted by Gasteiger charge is 2.39. The van der Waals surface area contributed by atoms with Crippen LogP contribution in [0.1, 0.15) is 12.8 Å². The Labute approximate surface area is 109 Å². The Balaban J connectivity index is 2.26. The van der Waals surface area contributed by atoms with Crippen LogP contribution in [0.15, 0.2) is 29.2 Å². The molecule has 0 radical (unpaired) electrons. The second-order valence-electron chi connectivity index (χ2n) is 4.19.